The first-order chi connectivity index (χ1) is 24.7. The molecule has 3 nitrogen and oxygen atoms in total. The molecule has 0 aliphatic heterocycles. The summed E-state index contributed by atoms with van der Waals surface area (Å²) < 4.78 is 2.13. The fraction of sp³-hybridized carbons (Fsp3) is 0.170. The molecule has 0 saturated carbocycles. The van der Waals surface area contributed by atoms with Crippen LogP contribution in [0.3, 0.4) is 0 Å². The number of aryl methyl sites for hydroxylation is 4. The van der Waals surface area contributed by atoms with Crippen LogP contribution in [0.1, 0.15) is 55.5 Å². The molecule has 6 aromatic carbocycles. The van der Waals surface area contributed by atoms with E-state index < -0.39 is 0 Å². The van der Waals surface area contributed by atoms with Crippen molar-refractivity contribution in [3.8, 4) is 22.5 Å². The van der Waals surface area contributed by atoms with Crippen molar-refractivity contribution in [1.82, 2.24) is 4.68 Å². The topological polar surface area (TPSA) is 20.5 Å². The molecule has 248 valence electrons. The molecule has 0 amide bonds. The number of aromatic nitrogens is 1. The van der Waals surface area contributed by atoms with E-state index in [2.05, 4.69) is 183 Å². The third kappa shape index (κ3) is 6.16. The second-order valence-electron chi connectivity index (χ2n) is 12.7. The number of benzene rings is 6. The highest BCUT2D eigenvalue weighted by atomic mass is 15.4. The Labute approximate surface area is 297 Å². The van der Waals surface area contributed by atoms with Crippen molar-refractivity contribution in [1.29, 1.82) is 0 Å². The van der Waals surface area contributed by atoms with Crippen molar-refractivity contribution < 1.29 is 0 Å². The molecular formula is C47H45N3. The van der Waals surface area contributed by atoms with Crippen molar-refractivity contribution >= 4 is 34.0 Å². The zero-order chi connectivity index (χ0) is 34.5. The summed E-state index contributed by atoms with van der Waals surface area (Å²) in [5, 5.41) is 7.61. The van der Waals surface area contributed by atoms with Crippen molar-refractivity contribution in [3.63, 3.8) is 0 Å². The molecule has 0 unspecified atom stereocenters. The first kappa shape index (κ1) is 32.9. The van der Waals surface area contributed by atoms with Crippen LogP contribution >= 0.6 is 0 Å². The molecule has 0 fully saturated rings. The van der Waals surface area contributed by atoms with Crippen molar-refractivity contribution in [2.45, 2.75) is 53.4 Å². The molecule has 7 aromatic rings. The first-order valence-corrected chi connectivity index (χ1v) is 18.1. The molecule has 0 aliphatic carbocycles. The monoisotopic (exact) mass is 651 g/mol. The second-order valence-corrected chi connectivity index (χ2v) is 12.7. The van der Waals surface area contributed by atoms with Gasteiger partial charge in [0.15, 0.2) is 0 Å². The fourth-order valence-corrected chi connectivity index (χ4v) is 7.31. The Balaban J connectivity index is 1.38. The van der Waals surface area contributed by atoms with Crippen molar-refractivity contribution in [2.24, 2.45) is 5.10 Å². The number of hydrogen-bond acceptors (Lipinski definition) is 2. The Morgan fingerprint density at radius 2 is 0.860 bits per heavy atom. The van der Waals surface area contributed by atoms with Gasteiger partial charge in [0.25, 0.3) is 0 Å². The molecule has 3 heteroatoms. The zero-order valence-electron chi connectivity index (χ0n) is 29.6. The van der Waals surface area contributed by atoms with Gasteiger partial charge in [0.05, 0.1) is 29.0 Å². The van der Waals surface area contributed by atoms with Crippen LogP contribution in [0.4, 0.5) is 17.1 Å². The van der Waals surface area contributed by atoms with E-state index in [0.717, 1.165) is 59.4 Å². The number of hydrogen-bond donors (Lipinski definition) is 0. The number of fused-ring (bicyclic) bond motifs is 1. The van der Waals surface area contributed by atoms with Gasteiger partial charge in [0.2, 0.25) is 0 Å². The summed E-state index contributed by atoms with van der Waals surface area (Å²) in [6, 6.07) is 52.4. The van der Waals surface area contributed by atoms with Crippen LogP contribution in [0.5, 0.6) is 0 Å². The van der Waals surface area contributed by atoms with E-state index in [9.17, 15) is 0 Å². The van der Waals surface area contributed by atoms with Crippen molar-refractivity contribution in [2.75, 3.05) is 4.90 Å². The molecule has 0 bridgehead atoms. The van der Waals surface area contributed by atoms with Crippen molar-refractivity contribution in [3.05, 3.63) is 173 Å². The van der Waals surface area contributed by atoms with Gasteiger partial charge in [-0.15, -0.1) is 0 Å². The Morgan fingerprint density at radius 3 is 1.26 bits per heavy atom. The lowest BCUT2D eigenvalue weighted by atomic mass is 9.96. The maximum atomic E-state index is 5.24. The van der Waals surface area contributed by atoms with Crippen LogP contribution < -0.4 is 4.90 Å². The van der Waals surface area contributed by atoms with Crippen LogP contribution in [0.25, 0.3) is 33.3 Å². The number of nitrogens with zero attached hydrogens (tertiary/aromatic N) is 3. The predicted molar refractivity (Wildman–Crippen MR) is 214 cm³/mol. The summed E-state index contributed by atoms with van der Waals surface area (Å²) in [5.74, 6) is 0. The van der Waals surface area contributed by atoms with Crippen LogP contribution in [0.15, 0.2) is 151 Å². The minimum absolute atomic E-state index is 0.971. The largest absolute Gasteiger partial charge is 0.309 e. The maximum Gasteiger partial charge on any atom is 0.0804 e. The number of anilines is 3. The molecule has 0 radical (unpaired) electrons. The highest BCUT2D eigenvalue weighted by Gasteiger charge is 2.23. The first-order valence-electron chi connectivity index (χ1n) is 18.1. The predicted octanol–water partition coefficient (Wildman–Crippen LogP) is 12.6. The standard InChI is InChI=1S/C47H45N3/c1-5-35-23-17-24-36(6-2)44(35)49(45-37(7-3)25-18-26-38(45)8-4)41-31-29-34(30-32-41)33-48-50-46(39-19-11-9-12-20-39)42-27-15-16-28-43(42)47(50)40-21-13-10-14-22-40/h9-33H,5-8H2,1-4H3. The molecule has 50 heavy (non-hydrogen) atoms. The van der Waals surface area contributed by atoms with E-state index in [1.165, 1.54) is 44.4 Å². The van der Waals surface area contributed by atoms with E-state index in [4.69, 9.17) is 5.10 Å². The van der Waals surface area contributed by atoms with Gasteiger partial charge in [-0.3, -0.25) is 0 Å². The summed E-state index contributed by atoms with van der Waals surface area (Å²) in [6.45, 7) is 9.06. The highest BCUT2D eigenvalue weighted by molar-refractivity contribution is 6.05. The average molecular weight is 652 g/mol. The minimum Gasteiger partial charge on any atom is -0.309 e. The highest BCUT2D eigenvalue weighted by Crippen LogP contribution is 2.44. The van der Waals surface area contributed by atoms with Gasteiger partial charge in [0, 0.05) is 27.6 Å². The van der Waals surface area contributed by atoms with Gasteiger partial charge in [-0.05, 0) is 65.6 Å². The third-order valence-corrected chi connectivity index (χ3v) is 9.81. The minimum atomic E-state index is 0.971. The Hall–Kier alpha value is -5.67. The van der Waals surface area contributed by atoms with Gasteiger partial charge >= 0.3 is 0 Å². The van der Waals surface area contributed by atoms with E-state index in [0.29, 0.717) is 0 Å². The van der Waals surface area contributed by atoms with E-state index in [-0.39, 0.29) is 0 Å². The van der Waals surface area contributed by atoms with E-state index in [1.54, 1.807) is 0 Å². The summed E-state index contributed by atoms with van der Waals surface area (Å²) in [6.07, 6.45) is 5.89. The summed E-state index contributed by atoms with van der Waals surface area (Å²) in [4.78, 5) is 2.54. The molecule has 7 rings (SSSR count). The SMILES string of the molecule is CCc1cccc(CC)c1N(c1ccc(C=Nn2c(-c3ccccc3)c3ccccc3c2-c2ccccc2)cc1)c1c(CC)cccc1CC. The normalized spacial score (nSPS) is 11.4. The Morgan fingerprint density at radius 1 is 0.460 bits per heavy atom. The molecule has 0 atom stereocenters. The van der Waals surface area contributed by atoms with Gasteiger partial charge in [0.1, 0.15) is 0 Å². The second kappa shape index (κ2) is 14.8. The van der Waals surface area contributed by atoms with Gasteiger partial charge in [-0.1, -0.05) is 161 Å². The molecule has 1 aromatic heterocycles. The summed E-state index contributed by atoms with van der Waals surface area (Å²) >= 11 is 0. The van der Waals surface area contributed by atoms with E-state index >= 15 is 0 Å². The van der Waals surface area contributed by atoms with Crippen LogP contribution in [-0.2, 0) is 25.7 Å². The summed E-state index contributed by atoms with van der Waals surface area (Å²) in [7, 11) is 0. The lowest BCUT2D eigenvalue weighted by molar-refractivity contribution is 0.917. The average Bonchev–Trinajstić information content (AvgIpc) is 3.52. The quantitative estimate of drug-likeness (QED) is 0.127. The molecule has 0 saturated heterocycles. The Kier molecular flexibility index (Phi) is 9.75. The fourth-order valence-electron chi connectivity index (χ4n) is 7.31. The third-order valence-electron chi connectivity index (χ3n) is 9.81. The lowest BCUT2D eigenvalue weighted by Crippen LogP contribution is -2.18. The molecule has 0 N–H and O–H groups in total. The van der Waals surface area contributed by atoms with Crippen LogP contribution in [-0.4, -0.2) is 10.9 Å². The number of rotatable bonds is 11. The molecular weight excluding hydrogens is 607 g/mol. The Bertz CT molecular complexity index is 2070. The smallest absolute Gasteiger partial charge is 0.0804 e. The van der Waals surface area contributed by atoms with Gasteiger partial charge < -0.3 is 4.90 Å². The maximum absolute atomic E-state index is 5.24. The molecule has 0 aliphatic rings. The summed E-state index contributed by atoms with van der Waals surface area (Å²) in [5.41, 5.74) is 14.7. The molecule has 0 spiro atoms. The van der Waals surface area contributed by atoms with E-state index in [1.807, 2.05) is 6.21 Å². The van der Waals surface area contributed by atoms with Gasteiger partial charge in [-0.2, -0.15) is 5.10 Å². The zero-order valence-corrected chi connectivity index (χ0v) is 29.6. The van der Waals surface area contributed by atoms with Crippen LogP contribution in [0, 0.1) is 0 Å². The van der Waals surface area contributed by atoms with Crippen LogP contribution in [0.2, 0.25) is 0 Å². The number of para-hydroxylation sites is 2. The lowest BCUT2D eigenvalue weighted by Gasteiger charge is -2.33. The molecule has 1 heterocycles. The van der Waals surface area contributed by atoms with Gasteiger partial charge in [-0.25, -0.2) is 4.68 Å².